The molecule has 2 saturated heterocycles. The van der Waals surface area contributed by atoms with Crippen molar-refractivity contribution in [3.05, 3.63) is 22.4 Å². The number of thiophene rings is 1. The first-order chi connectivity index (χ1) is 7.23. The van der Waals surface area contributed by atoms with Gasteiger partial charge in [-0.3, -0.25) is 0 Å². The Morgan fingerprint density at radius 3 is 2.73 bits per heavy atom. The predicted molar refractivity (Wildman–Crippen MR) is 61.0 cm³/mol. The molecule has 2 atom stereocenters. The van der Waals surface area contributed by atoms with Gasteiger partial charge in [-0.1, -0.05) is 0 Å². The molecule has 0 radical (unpaired) electrons. The molecule has 3 heteroatoms. The second-order valence-electron chi connectivity index (χ2n) is 5.01. The second-order valence-corrected chi connectivity index (χ2v) is 5.79. The van der Waals surface area contributed by atoms with Crippen LogP contribution in [0.5, 0.6) is 0 Å². The summed E-state index contributed by atoms with van der Waals surface area (Å²) in [6, 6.07) is 2.93. The minimum absolute atomic E-state index is 0.437. The van der Waals surface area contributed by atoms with E-state index in [0.717, 1.165) is 0 Å². The molecule has 0 saturated carbocycles. The Morgan fingerprint density at radius 2 is 2.13 bits per heavy atom. The summed E-state index contributed by atoms with van der Waals surface area (Å²) in [6.45, 7) is 0. The molecule has 2 fully saturated rings. The van der Waals surface area contributed by atoms with Crippen LogP contribution in [0.25, 0.3) is 0 Å². The van der Waals surface area contributed by atoms with E-state index in [1.807, 2.05) is 5.38 Å². The van der Waals surface area contributed by atoms with E-state index in [1.54, 1.807) is 11.3 Å². The zero-order valence-electron chi connectivity index (χ0n) is 8.71. The molecule has 2 unspecified atom stereocenters. The molecule has 3 heterocycles. The number of piperidine rings is 1. The zero-order valence-corrected chi connectivity index (χ0v) is 9.52. The summed E-state index contributed by atoms with van der Waals surface area (Å²) in [7, 11) is 0. The van der Waals surface area contributed by atoms with Crippen molar-refractivity contribution in [2.75, 3.05) is 0 Å². The Morgan fingerprint density at radius 1 is 1.40 bits per heavy atom. The van der Waals surface area contributed by atoms with Crippen LogP contribution in [0.3, 0.4) is 0 Å². The van der Waals surface area contributed by atoms with E-state index in [-0.39, 0.29) is 0 Å². The summed E-state index contributed by atoms with van der Waals surface area (Å²) in [4.78, 5) is 0. The first-order valence-corrected chi connectivity index (χ1v) is 6.64. The minimum atomic E-state index is -0.946. The van der Waals surface area contributed by atoms with Crippen LogP contribution in [0, 0.1) is 0 Å². The van der Waals surface area contributed by atoms with Gasteiger partial charge in [-0.05, 0) is 48.1 Å². The summed E-state index contributed by atoms with van der Waals surface area (Å²) in [5, 5.41) is 7.60. The van der Waals surface area contributed by atoms with Crippen LogP contribution < -0.4 is 5.32 Å². The fourth-order valence-electron chi connectivity index (χ4n) is 3.09. The van der Waals surface area contributed by atoms with Crippen LogP contribution in [0.1, 0.15) is 31.2 Å². The molecule has 0 aromatic carbocycles. The predicted octanol–water partition coefficient (Wildman–Crippen LogP) is 2.91. The largest absolute Gasteiger partial charge is 0.311 e. The molecule has 15 heavy (non-hydrogen) atoms. The molecule has 1 aromatic heterocycles. The lowest BCUT2D eigenvalue weighted by Gasteiger charge is -2.34. The van der Waals surface area contributed by atoms with Gasteiger partial charge < -0.3 is 5.32 Å². The van der Waals surface area contributed by atoms with Crippen LogP contribution >= 0.6 is 11.3 Å². The fraction of sp³-hybridized carbons (Fsp3) is 0.667. The number of hydrogen-bond donors (Lipinski definition) is 1. The zero-order chi connectivity index (χ0) is 10.3. The first-order valence-electron chi connectivity index (χ1n) is 5.70. The molecule has 82 valence electrons. The van der Waals surface area contributed by atoms with Gasteiger partial charge in [-0.2, -0.15) is 11.3 Å². The number of nitrogens with one attached hydrogen (secondary N) is 1. The lowest BCUT2D eigenvalue weighted by atomic mass is 9.85. The van der Waals surface area contributed by atoms with Gasteiger partial charge in [0.1, 0.15) is 5.67 Å². The van der Waals surface area contributed by atoms with Crippen LogP contribution in [-0.2, 0) is 6.42 Å². The second kappa shape index (κ2) is 3.56. The lowest BCUT2D eigenvalue weighted by molar-refractivity contribution is 0.0895. The van der Waals surface area contributed by atoms with Crippen LogP contribution in [0.4, 0.5) is 4.39 Å². The first kappa shape index (κ1) is 9.79. The Bertz CT molecular complexity index is 323. The Hall–Kier alpha value is -0.410. The third kappa shape index (κ3) is 1.95. The molecule has 2 aliphatic heterocycles. The molecule has 3 rings (SSSR count). The third-order valence-corrected chi connectivity index (χ3v) is 4.39. The molecular weight excluding hydrogens is 209 g/mol. The van der Waals surface area contributed by atoms with Gasteiger partial charge in [0.15, 0.2) is 0 Å². The van der Waals surface area contributed by atoms with Gasteiger partial charge in [0, 0.05) is 18.5 Å². The monoisotopic (exact) mass is 225 g/mol. The summed E-state index contributed by atoms with van der Waals surface area (Å²) in [5.74, 6) is 0. The van der Waals surface area contributed by atoms with E-state index in [9.17, 15) is 4.39 Å². The summed E-state index contributed by atoms with van der Waals surface area (Å²) < 4.78 is 14.6. The van der Waals surface area contributed by atoms with Crippen molar-refractivity contribution in [3.8, 4) is 0 Å². The number of rotatable bonds is 2. The van der Waals surface area contributed by atoms with Gasteiger partial charge in [-0.15, -0.1) is 0 Å². The van der Waals surface area contributed by atoms with E-state index in [0.29, 0.717) is 31.3 Å². The smallest absolute Gasteiger partial charge is 0.118 e. The average Bonchev–Trinajstić information content (AvgIpc) is 2.76. The Balaban J connectivity index is 1.74. The van der Waals surface area contributed by atoms with Gasteiger partial charge >= 0.3 is 0 Å². The summed E-state index contributed by atoms with van der Waals surface area (Å²) >= 11 is 1.66. The molecule has 1 aromatic rings. The Labute approximate surface area is 93.7 Å². The molecule has 0 aliphatic carbocycles. The number of fused-ring (bicyclic) bond motifs is 2. The maximum atomic E-state index is 14.6. The SMILES string of the molecule is FC1(Cc2ccsc2)CC2CCC(C1)N2. The highest BCUT2D eigenvalue weighted by Gasteiger charge is 2.43. The van der Waals surface area contributed by atoms with Crippen LogP contribution in [0.15, 0.2) is 16.8 Å². The Kier molecular flexibility index (Phi) is 2.33. The number of alkyl halides is 1. The van der Waals surface area contributed by atoms with Crippen molar-refractivity contribution in [1.29, 1.82) is 0 Å². The maximum absolute atomic E-state index is 14.6. The van der Waals surface area contributed by atoms with Crippen LogP contribution in [0.2, 0.25) is 0 Å². The van der Waals surface area contributed by atoms with Crippen LogP contribution in [-0.4, -0.2) is 17.8 Å². The third-order valence-electron chi connectivity index (χ3n) is 3.66. The molecule has 0 amide bonds. The van der Waals surface area contributed by atoms with Gasteiger partial charge in [0.25, 0.3) is 0 Å². The number of halogens is 1. The van der Waals surface area contributed by atoms with Crippen molar-refractivity contribution in [1.82, 2.24) is 5.32 Å². The normalized spacial score (nSPS) is 39.5. The van der Waals surface area contributed by atoms with Gasteiger partial charge in [-0.25, -0.2) is 4.39 Å². The molecule has 2 aliphatic rings. The maximum Gasteiger partial charge on any atom is 0.118 e. The number of hydrogen-bond acceptors (Lipinski definition) is 2. The van der Waals surface area contributed by atoms with Crippen molar-refractivity contribution in [2.45, 2.75) is 49.9 Å². The molecule has 0 spiro atoms. The topological polar surface area (TPSA) is 12.0 Å². The standard InChI is InChI=1S/C12H16FNS/c13-12(5-9-3-4-15-8-9)6-10-1-2-11(7-12)14-10/h3-4,8,10-11,14H,1-2,5-7H2. The van der Waals surface area contributed by atoms with Gasteiger partial charge in [0.2, 0.25) is 0 Å². The van der Waals surface area contributed by atoms with E-state index in [2.05, 4.69) is 16.8 Å². The van der Waals surface area contributed by atoms with Crippen molar-refractivity contribution in [3.63, 3.8) is 0 Å². The molecule has 2 bridgehead atoms. The average molecular weight is 225 g/mol. The van der Waals surface area contributed by atoms with Gasteiger partial charge in [0.05, 0.1) is 0 Å². The minimum Gasteiger partial charge on any atom is -0.311 e. The van der Waals surface area contributed by atoms with E-state index in [4.69, 9.17) is 0 Å². The lowest BCUT2D eigenvalue weighted by Crippen LogP contribution is -2.47. The molecule has 1 nitrogen and oxygen atoms in total. The molecular formula is C12H16FNS. The summed E-state index contributed by atoms with van der Waals surface area (Å²) in [5.41, 5.74) is 0.224. The quantitative estimate of drug-likeness (QED) is 0.816. The fourth-order valence-corrected chi connectivity index (χ4v) is 3.76. The van der Waals surface area contributed by atoms with Crippen molar-refractivity contribution < 1.29 is 4.39 Å². The van der Waals surface area contributed by atoms with Crippen molar-refractivity contribution >= 4 is 11.3 Å². The van der Waals surface area contributed by atoms with Crippen molar-refractivity contribution in [2.24, 2.45) is 0 Å². The van der Waals surface area contributed by atoms with E-state index in [1.165, 1.54) is 18.4 Å². The highest BCUT2D eigenvalue weighted by Crippen LogP contribution is 2.39. The summed E-state index contributed by atoms with van der Waals surface area (Å²) in [6.07, 6.45) is 4.36. The van der Waals surface area contributed by atoms with E-state index < -0.39 is 5.67 Å². The molecule has 1 N–H and O–H groups in total. The highest BCUT2D eigenvalue weighted by atomic mass is 32.1. The van der Waals surface area contributed by atoms with E-state index >= 15 is 0 Å². The highest BCUT2D eigenvalue weighted by molar-refractivity contribution is 7.07.